The van der Waals surface area contributed by atoms with Gasteiger partial charge in [0.2, 0.25) is 0 Å². The van der Waals surface area contributed by atoms with Crippen LogP contribution in [0.4, 0.5) is 5.82 Å². The van der Waals surface area contributed by atoms with Crippen LogP contribution < -0.4 is 10.2 Å². The first-order valence-corrected chi connectivity index (χ1v) is 7.06. The van der Waals surface area contributed by atoms with Gasteiger partial charge >= 0.3 is 5.97 Å². The second-order valence-corrected chi connectivity index (χ2v) is 5.53. The van der Waals surface area contributed by atoms with Gasteiger partial charge in [0, 0.05) is 19.6 Å². The largest absolute Gasteiger partial charge is 0.481 e. The third kappa shape index (κ3) is 3.29. The lowest BCUT2D eigenvalue weighted by Crippen LogP contribution is -2.46. The minimum Gasteiger partial charge on any atom is -0.481 e. The van der Waals surface area contributed by atoms with E-state index in [4.69, 9.17) is 0 Å². The number of nitrogens with one attached hydrogen (secondary N) is 1. The van der Waals surface area contributed by atoms with E-state index in [0.717, 1.165) is 13.0 Å². The number of piperidine rings is 1. The van der Waals surface area contributed by atoms with Crippen LogP contribution in [-0.2, 0) is 4.79 Å². The predicted octanol–water partition coefficient (Wildman–Crippen LogP) is 0.917. The Morgan fingerprint density at radius 2 is 2.19 bits per heavy atom. The molecule has 1 saturated heterocycles. The van der Waals surface area contributed by atoms with Crippen molar-refractivity contribution in [3.63, 3.8) is 0 Å². The van der Waals surface area contributed by atoms with E-state index in [1.54, 1.807) is 19.1 Å². The summed E-state index contributed by atoms with van der Waals surface area (Å²) in [6.45, 7) is 5.26. The standard InChI is InChI=1S/C14H20N4O3/c1-3-15-12(19)10-5-6-11(17-16-10)18-8-4-7-14(2,9-18)13(20)21/h5-6H,3-4,7-9H2,1-2H3,(H,15,19)(H,20,21). The first-order chi connectivity index (χ1) is 9.96. The van der Waals surface area contributed by atoms with E-state index in [9.17, 15) is 14.7 Å². The van der Waals surface area contributed by atoms with E-state index in [0.29, 0.717) is 25.3 Å². The van der Waals surface area contributed by atoms with Gasteiger partial charge in [0.15, 0.2) is 11.5 Å². The van der Waals surface area contributed by atoms with Crippen molar-refractivity contribution in [1.29, 1.82) is 0 Å². The minimum atomic E-state index is -0.792. The van der Waals surface area contributed by atoms with Crippen LogP contribution in [-0.4, -0.2) is 46.8 Å². The van der Waals surface area contributed by atoms with Crippen molar-refractivity contribution in [3.05, 3.63) is 17.8 Å². The molecule has 2 N–H and O–H groups in total. The monoisotopic (exact) mass is 292 g/mol. The number of aliphatic carboxylic acids is 1. The molecule has 1 fully saturated rings. The zero-order valence-corrected chi connectivity index (χ0v) is 12.3. The molecule has 7 nitrogen and oxygen atoms in total. The fourth-order valence-electron chi connectivity index (χ4n) is 2.48. The van der Waals surface area contributed by atoms with Crippen molar-refractivity contribution >= 4 is 17.7 Å². The van der Waals surface area contributed by atoms with Crippen molar-refractivity contribution in [3.8, 4) is 0 Å². The highest BCUT2D eigenvalue weighted by molar-refractivity contribution is 5.92. The number of amides is 1. The molecule has 0 aromatic carbocycles. The van der Waals surface area contributed by atoms with Crippen molar-refractivity contribution in [1.82, 2.24) is 15.5 Å². The average molecular weight is 292 g/mol. The molecule has 21 heavy (non-hydrogen) atoms. The summed E-state index contributed by atoms with van der Waals surface area (Å²) in [5.41, 5.74) is -0.503. The molecular weight excluding hydrogens is 272 g/mol. The number of nitrogens with zero attached hydrogens (tertiary/aromatic N) is 3. The van der Waals surface area contributed by atoms with Crippen molar-refractivity contribution in [2.45, 2.75) is 26.7 Å². The predicted molar refractivity (Wildman–Crippen MR) is 77.2 cm³/mol. The Hall–Kier alpha value is -2.18. The quantitative estimate of drug-likeness (QED) is 0.856. The third-order valence-electron chi connectivity index (χ3n) is 3.76. The molecule has 1 aromatic rings. The lowest BCUT2D eigenvalue weighted by Gasteiger charge is -2.37. The van der Waals surface area contributed by atoms with Gasteiger partial charge in [-0.15, -0.1) is 10.2 Å². The fourth-order valence-corrected chi connectivity index (χ4v) is 2.48. The van der Waals surface area contributed by atoms with Gasteiger partial charge in [0.1, 0.15) is 0 Å². The van der Waals surface area contributed by atoms with Crippen molar-refractivity contribution in [2.75, 3.05) is 24.5 Å². The van der Waals surface area contributed by atoms with E-state index in [2.05, 4.69) is 15.5 Å². The molecule has 0 bridgehead atoms. The first-order valence-electron chi connectivity index (χ1n) is 7.06. The Balaban J connectivity index is 2.12. The molecule has 0 aliphatic carbocycles. The number of anilines is 1. The van der Waals surface area contributed by atoms with Crippen LogP contribution in [0.5, 0.6) is 0 Å². The van der Waals surface area contributed by atoms with Gasteiger partial charge in [-0.25, -0.2) is 0 Å². The van der Waals surface area contributed by atoms with Gasteiger partial charge in [-0.05, 0) is 38.8 Å². The average Bonchev–Trinajstić information content (AvgIpc) is 2.47. The smallest absolute Gasteiger partial charge is 0.311 e. The van der Waals surface area contributed by atoms with Crippen LogP contribution in [0, 0.1) is 5.41 Å². The van der Waals surface area contributed by atoms with Gasteiger partial charge in [0.25, 0.3) is 5.91 Å². The highest BCUT2D eigenvalue weighted by atomic mass is 16.4. The topological polar surface area (TPSA) is 95.4 Å². The molecule has 0 spiro atoms. The maximum atomic E-state index is 11.6. The molecule has 1 aliphatic rings. The Kier molecular flexibility index (Phi) is 4.40. The summed E-state index contributed by atoms with van der Waals surface area (Å²) in [5, 5.41) is 19.9. The summed E-state index contributed by atoms with van der Waals surface area (Å²) in [6, 6.07) is 3.32. The summed E-state index contributed by atoms with van der Waals surface area (Å²) < 4.78 is 0. The zero-order valence-electron chi connectivity index (χ0n) is 12.3. The van der Waals surface area contributed by atoms with Gasteiger partial charge in [-0.3, -0.25) is 9.59 Å². The molecule has 1 aliphatic heterocycles. The molecule has 0 radical (unpaired) electrons. The highest BCUT2D eigenvalue weighted by Gasteiger charge is 2.38. The number of carboxylic acids is 1. The number of rotatable bonds is 4. The maximum absolute atomic E-state index is 11.6. The van der Waals surface area contributed by atoms with Crippen LogP contribution in [0.3, 0.4) is 0 Å². The second kappa shape index (κ2) is 6.07. The van der Waals surface area contributed by atoms with Crippen LogP contribution in [0.25, 0.3) is 0 Å². The molecule has 1 aromatic heterocycles. The summed E-state index contributed by atoms with van der Waals surface area (Å²) in [6.07, 6.45) is 1.45. The zero-order chi connectivity index (χ0) is 15.5. The van der Waals surface area contributed by atoms with E-state index >= 15 is 0 Å². The first kappa shape index (κ1) is 15.2. The van der Waals surface area contributed by atoms with Crippen molar-refractivity contribution < 1.29 is 14.7 Å². The second-order valence-electron chi connectivity index (χ2n) is 5.53. The van der Waals surface area contributed by atoms with Crippen LogP contribution in [0.2, 0.25) is 0 Å². The molecule has 1 unspecified atom stereocenters. The van der Waals surface area contributed by atoms with Gasteiger partial charge in [-0.1, -0.05) is 0 Å². The van der Waals surface area contributed by atoms with E-state index in [1.165, 1.54) is 0 Å². The number of carbonyl (C=O) groups is 2. The van der Waals surface area contributed by atoms with Gasteiger partial charge < -0.3 is 15.3 Å². The molecule has 1 atom stereocenters. The van der Waals surface area contributed by atoms with E-state index in [1.807, 2.05) is 11.8 Å². The SMILES string of the molecule is CCNC(=O)c1ccc(N2CCCC(C)(C(=O)O)C2)nn1. The molecule has 1 amide bonds. The Morgan fingerprint density at radius 1 is 1.43 bits per heavy atom. The third-order valence-corrected chi connectivity index (χ3v) is 3.76. The number of hydrogen-bond donors (Lipinski definition) is 2. The van der Waals surface area contributed by atoms with Crippen LogP contribution in [0.15, 0.2) is 12.1 Å². The summed E-state index contributed by atoms with van der Waals surface area (Å²) in [4.78, 5) is 24.9. The number of hydrogen-bond acceptors (Lipinski definition) is 5. The molecule has 114 valence electrons. The molecule has 2 rings (SSSR count). The lowest BCUT2D eigenvalue weighted by atomic mass is 9.82. The normalized spacial score (nSPS) is 21.9. The van der Waals surface area contributed by atoms with Crippen LogP contribution >= 0.6 is 0 Å². The summed E-state index contributed by atoms with van der Waals surface area (Å²) in [7, 11) is 0. The van der Waals surface area contributed by atoms with Gasteiger partial charge in [0.05, 0.1) is 5.41 Å². The van der Waals surface area contributed by atoms with E-state index in [-0.39, 0.29) is 11.6 Å². The van der Waals surface area contributed by atoms with Crippen LogP contribution in [0.1, 0.15) is 37.2 Å². The number of carboxylic acid groups (broad SMARTS) is 1. The fraction of sp³-hybridized carbons (Fsp3) is 0.571. The lowest BCUT2D eigenvalue weighted by molar-refractivity contribution is -0.148. The highest BCUT2D eigenvalue weighted by Crippen LogP contribution is 2.31. The Bertz CT molecular complexity index is 532. The number of aromatic nitrogens is 2. The molecular formula is C14H20N4O3. The maximum Gasteiger partial charge on any atom is 0.311 e. The Morgan fingerprint density at radius 3 is 2.76 bits per heavy atom. The van der Waals surface area contributed by atoms with E-state index < -0.39 is 11.4 Å². The molecule has 0 saturated carbocycles. The Labute approximate surface area is 123 Å². The summed E-state index contributed by atoms with van der Waals surface area (Å²) in [5.74, 6) is -0.445. The number of carbonyl (C=O) groups excluding carboxylic acids is 1. The molecule has 2 heterocycles. The minimum absolute atomic E-state index is 0.259. The van der Waals surface area contributed by atoms with Crippen molar-refractivity contribution in [2.24, 2.45) is 5.41 Å². The van der Waals surface area contributed by atoms with Gasteiger partial charge in [-0.2, -0.15) is 0 Å². The summed E-state index contributed by atoms with van der Waals surface area (Å²) >= 11 is 0. The molecule has 7 heteroatoms.